The molecule has 0 saturated carbocycles. The van der Waals surface area contributed by atoms with Gasteiger partial charge in [0.05, 0.1) is 25.1 Å². The number of aryl methyl sites for hydroxylation is 4. The molecular formula is C48H42BF2N3O3. The van der Waals surface area contributed by atoms with Gasteiger partial charge in [0.15, 0.2) is 5.84 Å². The molecule has 5 aromatic carbocycles. The van der Waals surface area contributed by atoms with Crippen LogP contribution in [-0.2, 0) is 9.53 Å². The number of aromatic nitrogens is 1. The molecule has 0 unspecified atom stereocenters. The minimum absolute atomic E-state index is 0.0393. The van der Waals surface area contributed by atoms with Gasteiger partial charge in [-0.3, -0.25) is 8.63 Å². The highest BCUT2D eigenvalue weighted by Gasteiger charge is 2.35. The predicted octanol–water partition coefficient (Wildman–Crippen LogP) is 11.6. The maximum Gasteiger partial charge on any atom is 0.679 e. The van der Waals surface area contributed by atoms with Crippen molar-refractivity contribution in [2.75, 3.05) is 13.7 Å². The Labute approximate surface area is 332 Å². The number of hydrogen-bond acceptors (Lipinski definition) is 4. The second-order valence-corrected chi connectivity index (χ2v) is 14.0. The summed E-state index contributed by atoms with van der Waals surface area (Å²) in [5, 5.41) is 0. The van der Waals surface area contributed by atoms with Crippen molar-refractivity contribution in [3.63, 3.8) is 0 Å². The molecule has 6 aromatic rings. The number of methoxy groups -OCH3 is 1. The fourth-order valence-corrected chi connectivity index (χ4v) is 6.99. The fraction of sp³-hybridized carbons (Fsp3) is 0.146. The van der Waals surface area contributed by atoms with Crippen molar-refractivity contribution in [2.24, 2.45) is 9.98 Å². The Morgan fingerprint density at radius 3 is 1.67 bits per heavy atom. The number of benzene rings is 5. The molecule has 57 heavy (non-hydrogen) atoms. The summed E-state index contributed by atoms with van der Waals surface area (Å²) in [5.74, 6) is 0.392. The highest BCUT2D eigenvalue weighted by molar-refractivity contribution is 6.44. The number of carbonyl (C=O) groups is 1. The van der Waals surface area contributed by atoms with Crippen LogP contribution in [0.15, 0.2) is 149 Å². The van der Waals surface area contributed by atoms with Gasteiger partial charge in [-0.25, -0.2) is 14.8 Å². The van der Waals surface area contributed by atoms with Gasteiger partial charge in [0.1, 0.15) is 11.6 Å². The molecule has 0 radical (unpaired) electrons. The number of carbonyl (C=O) groups excluding carboxylic acids is 1. The molecule has 2 heterocycles. The van der Waals surface area contributed by atoms with Gasteiger partial charge in [0, 0.05) is 33.9 Å². The second-order valence-electron chi connectivity index (χ2n) is 14.0. The smallest absolute Gasteiger partial charge is 0.497 e. The Kier molecular flexibility index (Phi) is 11.3. The number of esters is 1. The molecule has 9 heteroatoms. The number of halogens is 2. The van der Waals surface area contributed by atoms with Gasteiger partial charge in [-0.05, 0) is 75.1 Å². The average molecular weight is 758 g/mol. The van der Waals surface area contributed by atoms with E-state index in [0.29, 0.717) is 56.1 Å². The molecule has 0 bridgehead atoms. The standard InChI is InChI=1S/C48H42BF2N3O3/c1-7-57-41(55)29-28-40-42(34-16-8-30(2)9-17-34)47(52-45(40)37-20-12-32(4)13-21-37)53-48-44(36-18-10-31(3)11-19-36)43(35-24-26-39(56-6)27-25-35)46(54(48)49(50)51)38-22-14-33(5)15-23-38/h8-29H,7H2,1-6H3/b29-28+,53-47-. The zero-order valence-corrected chi connectivity index (χ0v) is 32.8. The van der Waals surface area contributed by atoms with Crippen LogP contribution in [0.3, 0.4) is 0 Å². The molecular weight excluding hydrogens is 715 g/mol. The number of rotatable bonds is 11. The van der Waals surface area contributed by atoms with Crippen LogP contribution < -0.4 is 4.74 Å². The van der Waals surface area contributed by atoms with E-state index in [1.54, 1.807) is 20.1 Å². The van der Waals surface area contributed by atoms with Gasteiger partial charge in [0.2, 0.25) is 0 Å². The largest absolute Gasteiger partial charge is 0.679 e. The fourth-order valence-electron chi connectivity index (χ4n) is 6.99. The van der Waals surface area contributed by atoms with Crippen LogP contribution >= 0.6 is 0 Å². The molecule has 1 aliphatic rings. The van der Waals surface area contributed by atoms with Crippen LogP contribution in [0.4, 0.5) is 14.4 Å². The summed E-state index contributed by atoms with van der Waals surface area (Å²) in [6.07, 6.45) is 3.05. The van der Waals surface area contributed by atoms with Crippen molar-refractivity contribution in [3.05, 3.63) is 172 Å². The van der Waals surface area contributed by atoms with E-state index in [-0.39, 0.29) is 18.3 Å². The molecule has 7 rings (SSSR count). The number of aliphatic imine (C=N–C) groups is 2. The highest BCUT2D eigenvalue weighted by Crippen LogP contribution is 2.50. The van der Waals surface area contributed by atoms with Gasteiger partial charge in [-0.1, -0.05) is 131 Å². The third kappa shape index (κ3) is 8.05. The molecule has 0 saturated heterocycles. The van der Waals surface area contributed by atoms with E-state index in [1.165, 1.54) is 6.08 Å². The lowest BCUT2D eigenvalue weighted by atomic mass is 9.93. The Morgan fingerprint density at radius 2 is 1.16 bits per heavy atom. The van der Waals surface area contributed by atoms with Crippen molar-refractivity contribution in [2.45, 2.75) is 34.6 Å². The first-order chi connectivity index (χ1) is 27.6. The second kappa shape index (κ2) is 16.6. The van der Waals surface area contributed by atoms with Crippen molar-refractivity contribution in [1.29, 1.82) is 0 Å². The van der Waals surface area contributed by atoms with Gasteiger partial charge in [0.25, 0.3) is 0 Å². The summed E-state index contributed by atoms with van der Waals surface area (Å²) in [6.45, 7) is 9.91. The monoisotopic (exact) mass is 757 g/mol. The lowest BCUT2D eigenvalue weighted by molar-refractivity contribution is -0.137. The maximum absolute atomic E-state index is 16.1. The van der Waals surface area contributed by atoms with Crippen molar-refractivity contribution in [1.82, 2.24) is 4.48 Å². The summed E-state index contributed by atoms with van der Waals surface area (Å²) in [7, 11) is -1.40. The Bertz CT molecular complexity index is 2550. The van der Waals surface area contributed by atoms with Crippen molar-refractivity contribution >= 4 is 36.3 Å². The van der Waals surface area contributed by atoms with E-state index in [2.05, 4.69) is 0 Å². The molecule has 6 nitrogen and oxygen atoms in total. The number of amidine groups is 1. The van der Waals surface area contributed by atoms with E-state index in [9.17, 15) is 4.79 Å². The van der Waals surface area contributed by atoms with Gasteiger partial charge < -0.3 is 14.0 Å². The van der Waals surface area contributed by atoms with Crippen LogP contribution in [0, 0.1) is 27.7 Å². The lowest BCUT2D eigenvalue weighted by Gasteiger charge is -2.12. The predicted molar refractivity (Wildman–Crippen MR) is 229 cm³/mol. The topological polar surface area (TPSA) is 65.2 Å². The molecule has 1 aromatic heterocycles. The van der Waals surface area contributed by atoms with Gasteiger partial charge in [-0.2, -0.15) is 0 Å². The van der Waals surface area contributed by atoms with E-state index < -0.39 is 13.4 Å². The Balaban J connectivity index is 1.63. The van der Waals surface area contributed by atoms with Crippen molar-refractivity contribution in [3.8, 4) is 39.3 Å². The molecule has 0 spiro atoms. The maximum atomic E-state index is 16.1. The third-order valence-electron chi connectivity index (χ3n) is 9.93. The van der Waals surface area contributed by atoms with Crippen LogP contribution in [-0.4, -0.2) is 43.1 Å². The minimum atomic E-state index is -2.99. The Morgan fingerprint density at radius 1 is 0.684 bits per heavy atom. The van der Waals surface area contributed by atoms with Crippen LogP contribution in [0.25, 0.3) is 39.1 Å². The molecule has 0 atom stereocenters. The van der Waals surface area contributed by atoms with E-state index >= 15 is 8.63 Å². The van der Waals surface area contributed by atoms with E-state index in [0.717, 1.165) is 37.9 Å². The first-order valence-corrected chi connectivity index (χ1v) is 18.8. The van der Waals surface area contributed by atoms with E-state index in [1.807, 2.05) is 149 Å². The normalized spacial score (nSPS) is 13.4. The molecule has 284 valence electrons. The number of hydrogen-bond donors (Lipinski definition) is 0. The average Bonchev–Trinajstić information content (AvgIpc) is 3.74. The minimum Gasteiger partial charge on any atom is -0.497 e. The van der Waals surface area contributed by atoms with Gasteiger partial charge >= 0.3 is 13.4 Å². The first-order valence-electron chi connectivity index (χ1n) is 18.8. The number of allylic oxidation sites excluding steroid dienone is 2. The zero-order chi connectivity index (χ0) is 40.2. The third-order valence-corrected chi connectivity index (χ3v) is 9.93. The van der Waals surface area contributed by atoms with Crippen LogP contribution in [0.1, 0.15) is 40.3 Å². The SMILES string of the molecule is CCOC(=O)/C=C/C1=C(c2ccc(C)cc2)C(=N/c2c(-c3ccc(C)cc3)c(-c3ccc(OC)cc3)c(-c3ccc(C)cc3)n2B(F)F)/N=C1c1ccc(C)cc1. The lowest BCUT2D eigenvalue weighted by Crippen LogP contribution is -2.14. The summed E-state index contributed by atoms with van der Waals surface area (Å²) >= 11 is 0. The van der Waals surface area contributed by atoms with Crippen LogP contribution in [0.5, 0.6) is 5.75 Å². The summed E-state index contributed by atoms with van der Waals surface area (Å²) in [5.41, 5.74) is 10.9. The Hall–Kier alpha value is -6.61. The summed E-state index contributed by atoms with van der Waals surface area (Å²) < 4.78 is 44.0. The number of ether oxygens (including phenoxy) is 2. The first kappa shape index (κ1) is 38.7. The van der Waals surface area contributed by atoms with Gasteiger partial charge in [-0.15, -0.1) is 0 Å². The quantitative estimate of drug-likeness (QED) is 0.0751. The molecule has 0 aliphatic carbocycles. The molecule has 0 amide bonds. The number of nitrogens with zero attached hydrogens (tertiary/aromatic N) is 3. The van der Waals surface area contributed by atoms with Crippen molar-refractivity contribution < 1.29 is 22.9 Å². The molecule has 0 fully saturated rings. The summed E-state index contributed by atoms with van der Waals surface area (Å²) in [6, 6.07) is 38.6. The zero-order valence-electron chi connectivity index (χ0n) is 32.8. The molecule has 0 N–H and O–H groups in total. The van der Waals surface area contributed by atoms with Crippen LogP contribution in [0.2, 0.25) is 0 Å². The summed E-state index contributed by atoms with van der Waals surface area (Å²) in [4.78, 5) is 23.1. The van der Waals surface area contributed by atoms with E-state index in [4.69, 9.17) is 19.5 Å². The highest BCUT2D eigenvalue weighted by atomic mass is 19.2. The molecule has 1 aliphatic heterocycles.